The fourth-order valence-electron chi connectivity index (χ4n) is 10.0. The van der Waals surface area contributed by atoms with E-state index in [9.17, 15) is 24.3 Å². The number of aliphatic hydroxyl groups excluding tert-OH is 1. The van der Waals surface area contributed by atoms with E-state index in [1.165, 1.54) is 19.1 Å². The van der Waals surface area contributed by atoms with Crippen LogP contribution in [0.15, 0.2) is 23.8 Å². The molecule has 0 aliphatic heterocycles. The second kappa shape index (κ2) is 13.1. The topological polar surface area (TPSA) is 116 Å². The first-order chi connectivity index (χ1) is 21.7. The molecule has 10 heteroatoms. The number of unbranched alkanes of at least 4 members (excludes halogenated alkanes) is 2. The summed E-state index contributed by atoms with van der Waals surface area (Å²) in [7, 11) is 0. The summed E-state index contributed by atoms with van der Waals surface area (Å²) in [6.07, 6.45) is 6.57. The van der Waals surface area contributed by atoms with Gasteiger partial charge in [-0.05, 0) is 68.6 Å². The van der Waals surface area contributed by atoms with Crippen molar-refractivity contribution in [2.75, 3.05) is 13.2 Å². The highest BCUT2D eigenvalue weighted by Crippen LogP contribution is 2.71. The largest absolute Gasteiger partial charge is 0.509 e. The molecule has 0 bridgehead atoms. The van der Waals surface area contributed by atoms with Crippen LogP contribution in [0.25, 0.3) is 0 Å². The number of ketones is 2. The zero-order chi connectivity index (χ0) is 33.5. The molecule has 5 rings (SSSR count). The highest BCUT2D eigenvalue weighted by molar-refractivity contribution is 6.01. The summed E-state index contributed by atoms with van der Waals surface area (Å²) in [4.78, 5) is 52.5. The van der Waals surface area contributed by atoms with Crippen LogP contribution in [0.5, 0.6) is 0 Å². The molecule has 0 spiro atoms. The van der Waals surface area contributed by atoms with E-state index >= 15 is 8.78 Å². The van der Waals surface area contributed by atoms with Gasteiger partial charge in [-0.2, -0.15) is 0 Å². The van der Waals surface area contributed by atoms with Crippen LogP contribution in [0, 0.1) is 34.5 Å². The highest BCUT2D eigenvalue weighted by Gasteiger charge is 2.78. The number of rotatable bonds is 11. The standard InChI is InChI=1S/C36H50F2O8/c1-5-6-9-16-44-32(43)46-36(30(41)21-45-31(42)13-12-23-10-7-8-11-23)22(2)17-25-26-19-28(37)27-18-24(39)14-15-33(27,3)35(26,38)29(40)20-34(25,36)4/h14-15,18,22-23,25-26,28-29,40H,5-13,16-17,19-21H2,1-4H3/t22-,25+,26+,28+,29+,33+,34+,35+,36+/m1/s1. The summed E-state index contributed by atoms with van der Waals surface area (Å²) in [6.45, 7) is 6.37. The average molecular weight is 649 g/mol. The van der Waals surface area contributed by atoms with Crippen molar-refractivity contribution >= 4 is 23.7 Å². The third-order valence-electron chi connectivity index (χ3n) is 12.4. The molecule has 0 aromatic heterocycles. The van der Waals surface area contributed by atoms with Gasteiger partial charge in [0, 0.05) is 29.1 Å². The van der Waals surface area contributed by atoms with E-state index in [0.29, 0.717) is 18.8 Å². The maximum Gasteiger partial charge on any atom is 0.509 e. The molecule has 46 heavy (non-hydrogen) atoms. The summed E-state index contributed by atoms with van der Waals surface area (Å²) < 4.78 is 50.5. The van der Waals surface area contributed by atoms with Crippen LogP contribution >= 0.6 is 0 Å². The molecular formula is C36H50F2O8. The van der Waals surface area contributed by atoms with Crippen LogP contribution in [0.2, 0.25) is 0 Å². The minimum Gasteiger partial charge on any atom is -0.457 e. The Hall–Kier alpha value is -2.62. The van der Waals surface area contributed by atoms with Crippen molar-refractivity contribution in [2.45, 2.75) is 128 Å². The van der Waals surface area contributed by atoms with Gasteiger partial charge in [0.25, 0.3) is 0 Å². The zero-order valence-electron chi connectivity index (χ0n) is 27.7. The molecule has 0 amide bonds. The normalized spacial score (nSPS) is 40.0. The van der Waals surface area contributed by atoms with Crippen molar-refractivity contribution in [1.82, 2.24) is 0 Å². The molecule has 0 unspecified atom stereocenters. The van der Waals surface area contributed by atoms with E-state index in [2.05, 4.69) is 0 Å². The van der Waals surface area contributed by atoms with Crippen LogP contribution in [-0.2, 0) is 28.6 Å². The minimum absolute atomic E-state index is 0.00575. The zero-order valence-corrected chi connectivity index (χ0v) is 27.7. The quantitative estimate of drug-likeness (QED) is 0.194. The lowest BCUT2D eigenvalue weighted by molar-refractivity contribution is -0.226. The van der Waals surface area contributed by atoms with Gasteiger partial charge in [0.05, 0.1) is 12.7 Å². The number of fused-ring (bicyclic) bond motifs is 5. The Kier molecular flexibility index (Phi) is 9.90. The number of esters is 1. The molecule has 0 saturated heterocycles. The summed E-state index contributed by atoms with van der Waals surface area (Å²) in [5.74, 6) is -3.59. The van der Waals surface area contributed by atoms with E-state index in [4.69, 9.17) is 14.2 Å². The fraction of sp³-hybridized carbons (Fsp3) is 0.778. The number of carbonyl (C=O) groups is 4. The van der Waals surface area contributed by atoms with Gasteiger partial charge in [-0.3, -0.25) is 14.4 Å². The van der Waals surface area contributed by atoms with Crippen LogP contribution < -0.4 is 0 Å². The summed E-state index contributed by atoms with van der Waals surface area (Å²) in [5, 5.41) is 11.7. The molecule has 5 aliphatic carbocycles. The Bertz CT molecular complexity index is 1270. The number of ether oxygens (including phenoxy) is 3. The predicted molar refractivity (Wildman–Crippen MR) is 165 cm³/mol. The lowest BCUT2D eigenvalue weighted by Crippen LogP contribution is -2.71. The molecule has 4 fully saturated rings. The van der Waals surface area contributed by atoms with Gasteiger partial charge in [-0.25, -0.2) is 13.6 Å². The van der Waals surface area contributed by atoms with Gasteiger partial charge in [0.1, 0.15) is 6.17 Å². The van der Waals surface area contributed by atoms with Crippen LogP contribution in [0.1, 0.15) is 105 Å². The lowest BCUT2D eigenvalue weighted by atomic mass is 9.44. The SMILES string of the molecule is CCCCCOC(=O)O[C@]1(C(=O)COC(=O)CCC2CCCC2)[C@H](C)C[C@H]2[C@@H]3C[C@H](F)C4=CC(=O)C=C[C@]4(C)[C@@]3(F)[C@@H](O)C[C@@]21C. The van der Waals surface area contributed by atoms with Crippen LogP contribution in [-0.4, -0.2) is 65.6 Å². The monoisotopic (exact) mass is 648 g/mol. The Labute approximate surface area is 270 Å². The van der Waals surface area contributed by atoms with Crippen molar-refractivity contribution in [3.8, 4) is 0 Å². The Balaban J connectivity index is 1.45. The second-order valence-corrected chi connectivity index (χ2v) is 14.9. The number of halogens is 2. The molecule has 4 saturated carbocycles. The Morgan fingerprint density at radius 2 is 1.78 bits per heavy atom. The second-order valence-electron chi connectivity index (χ2n) is 14.9. The number of aliphatic hydroxyl groups is 1. The van der Waals surface area contributed by atoms with Gasteiger partial charge >= 0.3 is 12.1 Å². The van der Waals surface area contributed by atoms with Crippen LogP contribution in [0.3, 0.4) is 0 Å². The van der Waals surface area contributed by atoms with E-state index < -0.39 is 82.4 Å². The maximum absolute atomic E-state index is 17.7. The third kappa shape index (κ3) is 5.54. The Morgan fingerprint density at radius 3 is 2.48 bits per heavy atom. The fourth-order valence-corrected chi connectivity index (χ4v) is 10.0. The molecule has 0 radical (unpaired) electrons. The van der Waals surface area contributed by atoms with Crippen molar-refractivity contribution in [1.29, 1.82) is 0 Å². The first-order valence-electron chi connectivity index (χ1n) is 17.3. The molecule has 1 N–H and O–H groups in total. The molecule has 256 valence electrons. The van der Waals surface area contributed by atoms with Gasteiger partial charge in [-0.15, -0.1) is 0 Å². The third-order valence-corrected chi connectivity index (χ3v) is 12.4. The molecule has 0 aromatic carbocycles. The van der Waals surface area contributed by atoms with Gasteiger partial charge in [0.15, 0.2) is 23.7 Å². The van der Waals surface area contributed by atoms with Crippen LogP contribution in [0.4, 0.5) is 13.6 Å². The molecular weight excluding hydrogens is 598 g/mol. The summed E-state index contributed by atoms with van der Waals surface area (Å²) in [6, 6.07) is 0. The van der Waals surface area contributed by atoms with Crippen molar-refractivity contribution < 1.29 is 47.3 Å². The van der Waals surface area contributed by atoms with Crippen molar-refractivity contribution in [3.05, 3.63) is 23.8 Å². The molecule has 5 aliphatic rings. The number of alkyl halides is 2. The predicted octanol–water partition coefficient (Wildman–Crippen LogP) is 6.72. The lowest BCUT2D eigenvalue weighted by Gasteiger charge is -2.63. The molecule has 8 nitrogen and oxygen atoms in total. The minimum atomic E-state index is -2.35. The first-order valence-corrected chi connectivity index (χ1v) is 17.3. The van der Waals surface area contributed by atoms with Gasteiger partial charge < -0.3 is 19.3 Å². The van der Waals surface area contributed by atoms with Crippen molar-refractivity contribution in [2.24, 2.45) is 34.5 Å². The molecule has 0 heterocycles. The molecule has 0 aromatic rings. The Morgan fingerprint density at radius 1 is 1.07 bits per heavy atom. The van der Waals surface area contributed by atoms with Gasteiger partial charge in [0.2, 0.25) is 5.78 Å². The number of hydrogen-bond acceptors (Lipinski definition) is 8. The summed E-state index contributed by atoms with van der Waals surface area (Å²) in [5.41, 5.74) is -7.20. The number of hydrogen-bond donors (Lipinski definition) is 1. The van der Waals surface area contributed by atoms with E-state index in [0.717, 1.165) is 44.6 Å². The first kappa shape index (κ1) is 34.7. The van der Waals surface area contributed by atoms with E-state index in [-0.39, 0.29) is 37.9 Å². The van der Waals surface area contributed by atoms with Crippen molar-refractivity contribution in [3.63, 3.8) is 0 Å². The van der Waals surface area contributed by atoms with E-state index in [1.54, 1.807) is 13.8 Å². The summed E-state index contributed by atoms with van der Waals surface area (Å²) >= 11 is 0. The highest BCUT2D eigenvalue weighted by atomic mass is 19.1. The maximum atomic E-state index is 17.7. The number of carbonyl (C=O) groups excluding carboxylic acids is 4. The van der Waals surface area contributed by atoms with Gasteiger partial charge in [-0.1, -0.05) is 65.4 Å². The number of allylic oxidation sites excluding steroid dienone is 4. The smallest absolute Gasteiger partial charge is 0.457 e. The van der Waals surface area contributed by atoms with E-state index in [1.807, 2.05) is 6.92 Å². The average Bonchev–Trinajstić information content (AvgIpc) is 3.61. The number of Topliss-reactive ketones (excluding diaryl/α,β-unsaturated/α-hetero) is 1. The molecule has 9 atom stereocenters.